The van der Waals surface area contributed by atoms with Crippen LogP contribution >= 0.6 is 0 Å². The van der Waals surface area contributed by atoms with Crippen molar-refractivity contribution in [2.24, 2.45) is 5.92 Å². The van der Waals surface area contributed by atoms with Crippen molar-refractivity contribution >= 4 is 10.9 Å². The van der Waals surface area contributed by atoms with Crippen LogP contribution in [0.3, 0.4) is 0 Å². The van der Waals surface area contributed by atoms with Crippen LogP contribution in [0.2, 0.25) is 0 Å². The molecule has 1 N–H and O–H groups in total. The normalized spacial score (nSPS) is 28.3. The Bertz CT molecular complexity index is 1510. The summed E-state index contributed by atoms with van der Waals surface area (Å²) in [4.78, 5) is 12.1. The molecule has 4 atom stereocenters. The Labute approximate surface area is 198 Å². The number of hydrogen-bond donors (Lipinski definition) is 1. The number of aromatic hydroxyl groups is 1. The van der Waals surface area contributed by atoms with Gasteiger partial charge in [0.05, 0.1) is 11.2 Å². The zero-order valence-corrected chi connectivity index (χ0v) is 19.0. The highest BCUT2D eigenvalue weighted by atomic mass is 16.5. The number of nitrogens with zero attached hydrogens (tertiary/aromatic N) is 3. The van der Waals surface area contributed by atoms with E-state index in [0.717, 1.165) is 53.5 Å². The van der Waals surface area contributed by atoms with Crippen molar-refractivity contribution in [2.75, 3.05) is 13.6 Å². The van der Waals surface area contributed by atoms with Gasteiger partial charge in [0, 0.05) is 40.4 Å². The Hall–Kier alpha value is -3.44. The maximum atomic E-state index is 10.7. The van der Waals surface area contributed by atoms with Crippen LogP contribution in [0, 0.1) is 5.92 Å². The smallest absolute Gasteiger partial charge is 0.166 e. The van der Waals surface area contributed by atoms with E-state index in [4.69, 9.17) is 9.72 Å². The number of hydrogen-bond acceptors (Lipinski definition) is 5. The largest absolute Gasteiger partial charge is 0.504 e. The third-order valence-electron chi connectivity index (χ3n) is 9.04. The van der Waals surface area contributed by atoms with Gasteiger partial charge in [0.1, 0.15) is 0 Å². The van der Waals surface area contributed by atoms with Crippen LogP contribution in [0.1, 0.15) is 34.9 Å². The highest BCUT2D eigenvalue weighted by Gasteiger charge is 2.64. The van der Waals surface area contributed by atoms with Gasteiger partial charge in [-0.3, -0.25) is 9.97 Å². The zero-order chi connectivity index (χ0) is 22.6. The molecule has 8 rings (SSSR count). The minimum atomic E-state index is -0.136. The van der Waals surface area contributed by atoms with Crippen LogP contribution in [-0.4, -0.2) is 39.6 Å². The molecule has 0 saturated carbocycles. The second-order valence-corrected chi connectivity index (χ2v) is 10.4. The first-order valence-corrected chi connectivity index (χ1v) is 12.2. The molecular formula is C29H25N3O2. The molecule has 34 heavy (non-hydrogen) atoms. The predicted molar refractivity (Wildman–Crippen MR) is 130 cm³/mol. The van der Waals surface area contributed by atoms with E-state index in [1.165, 1.54) is 16.7 Å². The number of fused-ring (bicyclic) bond motifs is 3. The summed E-state index contributed by atoms with van der Waals surface area (Å²) in [6.45, 7) is 1.05. The van der Waals surface area contributed by atoms with Crippen molar-refractivity contribution in [2.45, 2.75) is 36.8 Å². The predicted octanol–water partition coefficient (Wildman–Crippen LogP) is 4.81. The molecule has 2 aromatic heterocycles. The Morgan fingerprint density at radius 3 is 2.91 bits per heavy atom. The minimum absolute atomic E-state index is 0.0935. The maximum absolute atomic E-state index is 10.7. The monoisotopic (exact) mass is 447 g/mol. The fraction of sp³-hybridized carbons (Fsp3) is 0.310. The van der Waals surface area contributed by atoms with Crippen molar-refractivity contribution in [3.05, 3.63) is 83.3 Å². The molecule has 1 saturated heterocycles. The third kappa shape index (κ3) is 2.19. The Kier molecular flexibility index (Phi) is 3.54. The van der Waals surface area contributed by atoms with E-state index in [-0.39, 0.29) is 17.3 Å². The van der Waals surface area contributed by atoms with Crippen molar-refractivity contribution < 1.29 is 9.84 Å². The van der Waals surface area contributed by atoms with Gasteiger partial charge < -0.3 is 14.7 Å². The van der Waals surface area contributed by atoms with Gasteiger partial charge in [-0.25, -0.2) is 0 Å². The summed E-state index contributed by atoms with van der Waals surface area (Å²) >= 11 is 0. The van der Waals surface area contributed by atoms with Gasteiger partial charge in [-0.1, -0.05) is 24.3 Å². The molecule has 2 aromatic carbocycles. The van der Waals surface area contributed by atoms with E-state index in [2.05, 4.69) is 53.3 Å². The van der Waals surface area contributed by atoms with Crippen LogP contribution in [0.5, 0.6) is 11.5 Å². The second-order valence-electron chi connectivity index (χ2n) is 10.4. The molecule has 168 valence electrons. The topological polar surface area (TPSA) is 58.5 Å². The summed E-state index contributed by atoms with van der Waals surface area (Å²) in [5.41, 5.74) is 8.13. The molecule has 2 bridgehead atoms. The molecule has 5 nitrogen and oxygen atoms in total. The summed E-state index contributed by atoms with van der Waals surface area (Å²) in [6.07, 6.45) is 6.79. The summed E-state index contributed by atoms with van der Waals surface area (Å²) in [7, 11) is 2.27. The molecule has 2 aliphatic heterocycles. The lowest BCUT2D eigenvalue weighted by molar-refractivity contribution is -0.0260. The van der Waals surface area contributed by atoms with Gasteiger partial charge >= 0.3 is 0 Å². The van der Waals surface area contributed by atoms with Gasteiger partial charge in [-0.2, -0.15) is 0 Å². The van der Waals surface area contributed by atoms with Crippen LogP contribution < -0.4 is 4.74 Å². The van der Waals surface area contributed by atoms with E-state index in [1.807, 2.05) is 24.5 Å². The first kappa shape index (κ1) is 18.9. The van der Waals surface area contributed by atoms with E-state index in [9.17, 15) is 5.11 Å². The van der Waals surface area contributed by atoms with Crippen LogP contribution in [-0.2, 0) is 18.3 Å². The van der Waals surface area contributed by atoms with Crippen molar-refractivity contribution in [1.82, 2.24) is 14.9 Å². The number of para-hydroxylation sites is 1. The molecule has 4 heterocycles. The van der Waals surface area contributed by atoms with Crippen LogP contribution in [0.4, 0.5) is 0 Å². The van der Waals surface area contributed by atoms with Gasteiger partial charge in [-0.15, -0.1) is 0 Å². The number of likely N-dealkylation sites (N-methyl/N-ethyl adjacent to an activating group) is 1. The lowest BCUT2D eigenvalue weighted by Gasteiger charge is -2.57. The molecule has 1 fully saturated rings. The van der Waals surface area contributed by atoms with Gasteiger partial charge in [0.2, 0.25) is 0 Å². The molecule has 0 radical (unpaired) electrons. The maximum Gasteiger partial charge on any atom is 0.166 e. The van der Waals surface area contributed by atoms with Crippen LogP contribution in [0.15, 0.2) is 60.9 Å². The van der Waals surface area contributed by atoms with Crippen molar-refractivity contribution in [3.63, 3.8) is 0 Å². The Balaban J connectivity index is 1.34. The first-order valence-electron chi connectivity index (χ1n) is 12.2. The quantitative estimate of drug-likeness (QED) is 0.454. The van der Waals surface area contributed by atoms with E-state index in [0.29, 0.717) is 17.7 Å². The zero-order valence-electron chi connectivity index (χ0n) is 19.0. The standard InChI is InChI=1S/C29H25N3O2/c1-32-11-9-29-21-13-17-12-18(19-8-10-30-22-5-3-2-4-20(19)22)15-31-26(17)28(29)34-27-24(33)7-6-16(25(27)29)14-23(21)32/h2-8,10,12,15,21,23,28,33H,9,11,13-14H2,1H3/t21-,23+,28-,29-/m0/s1. The lowest BCUT2D eigenvalue weighted by atomic mass is 9.51. The number of benzene rings is 2. The lowest BCUT2D eigenvalue weighted by Crippen LogP contribution is -2.62. The molecule has 0 amide bonds. The minimum Gasteiger partial charge on any atom is -0.504 e. The highest BCUT2D eigenvalue weighted by molar-refractivity contribution is 5.94. The van der Waals surface area contributed by atoms with Gasteiger partial charge in [-0.05, 0) is 79.7 Å². The number of phenols is 1. The average Bonchev–Trinajstić information content (AvgIpc) is 3.22. The van der Waals surface area contributed by atoms with Gasteiger partial charge in [0.25, 0.3) is 0 Å². The molecule has 5 heteroatoms. The number of phenolic OH excluding ortho intramolecular Hbond substituents is 1. The highest BCUT2D eigenvalue weighted by Crippen LogP contribution is 2.66. The average molecular weight is 448 g/mol. The van der Waals surface area contributed by atoms with E-state index in [1.54, 1.807) is 0 Å². The number of likely N-dealkylation sites (tertiary alicyclic amines) is 1. The number of pyridine rings is 2. The molecular weight excluding hydrogens is 422 g/mol. The molecule has 0 unspecified atom stereocenters. The molecule has 2 aliphatic carbocycles. The fourth-order valence-corrected chi connectivity index (χ4v) is 7.56. The third-order valence-corrected chi connectivity index (χ3v) is 9.04. The number of piperidine rings is 1. The first-order chi connectivity index (χ1) is 16.6. The van der Waals surface area contributed by atoms with Gasteiger partial charge in [0.15, 0.2) is 17.6 Å². The molecule has 1 spiro atoms. The summed E-state index contributed by atoms with van der Waals surface area (Å²) < 4.78 is 6.65. The number of rotatable bonds is 1. The Morgan fingerprint density at radius 2 is 1.97 bits per heavy atom. The summed E-state index contributed by atoms with van der Waals surface area (Å²) in [6, 6.07) is 17.1. The van der Waals surface area contributed by atoms with Crippen molar-refractivity contribution in [3.8, 4) is 22.6 Å². The van der Waals surface area contributed by atoms with Crippen LogP contribution in [0.25, 0.3) is 22.0 Å². The molecule has 4 aromatic rings. The molecule has 4 aliphatic rings. The summed E-state index contributed by atoms with van der Waals surface area (Å²) in [5, 5.41) is 11.9. The Morgan fingerprint density at radius 1 is 1.06 bits per heavy atom. The fourth-order valence-electron chi connectivity index (χ4n) is 7.56. The number of aromatic nitrogens is 2. The van der Waals surface area contributed by atoms with E-state index < -0.39 is 0 Å². The second kappa shape index (κ2) is 6.36. The van der Waals surface area contributed by atoms with Crippen molar-refractivity contribution in [1.29, 1.82) is 0 Å². The van der Waals surface area contributed by atoms with E-state index >= 15 is 0 Å². The number of ether oxygens (including phenoxy) is 1. The SMILES string of the molecule is CN1CC[C@]23c4c5ccc(O)c4O[C@H]2c2ncc(-c4ccnc6ccccc46)cc2C[C@H]3[C@H]1C5. The summed E-state index contributed by atoms with van der Waals surface area (Å²) in [5.74, 6) is 1.42.